The summed E-state index contributed by atoms with van der Waals surface area (Å²) in [7, 11) is 0. The Balaban J connectivity index is 1.84. The largest absolute Gasteiger partial charge is 0.261 e. The van der Waals surface area contributed by atoms with Gasteiger partial charge in [0.05, 0.1) is 36.0 Å². The molecule has 1 saturated carbocycles. The Morgan fingerprint density at radius 2 is 2.25 bits per heavy atom. The molecule has 3 aromatic rings. The number of rotatable bonds is 5. The van der Waals surface area contributed by atoms with E-state index in [1.165, 1.54) is 0 Å². The van der Waals surface area contributed by atoms with Crippen LogP contribution in [0.5, 0.6) is 0 Å². The van der Waals surface area contributed by atoms with Crippen LogP contribution in [0.4, 0.5) is 10.1 Å². The zero-order chi connectivity index (χ0) is 16.9. The molecule has 0 saturated heterocycles. The van der Waals surface area contributed by atoms with Crippen LogP contribution in [0.25, 0.3) is 22.3 Å². The first-order valence-electron chi connectivity index (χ1n) is 7.35. The quantitative estimate of drug-likeness (QED) is 0.325. The highest BCUT2D eigenvalue weighted by molar-refractivity contribution is 14.2. The number of hydrogen-bond donors (Lipinski definition) is 0. The molecule has 0 bridgehead atoms. The molecule has 1 atom stereocenters. The van der Waals surface area contributed by atoms with Crippen molar-refractivity contribution in [2.75, 3.05) is 0 Å². The molecule has 1 fully saturated rings. The fourth-order valence-electron chi connectivity index (χ4n) is 2.70. The highest BCUT2D eigenvalue weighted by Crippen LogP contribution is 2.42. The summed E-state index contributed by atoms with van der Waals surface area (Å²) >= 11 is 2.17. The standard InChI is InChI=1S/C14H13FIN6OP/c1-8-9-5-17-10(13-11(20-23)6-22(19-13)24-16)4-12(9)21(18-8)7-14(15)2-3-14/h4-6,24H,2-3,7H2,1H3. The van der Waals surface area contributed by atoms with Crippen LogP contribution in [0.1, 0.15) is 18.5 Å². The van der Waals surface area contributed by atoms with E-state index in [0.29, 0.717) is 30.6 Å². The molecule has 0 N–H and O–H groups in total. The molecule has 1 unspecified atom stereocenters. The molecule has 24 heavy (non-hydrogen) atoms. The number of halogens is 2. The number of hydrogen-bond acceptors (Lipinski definition) is 5. The summed E-state index contributed by atoms with van der Waals surface area (Å²) in [6.45, 7) is 2.12. The zero-order valence-corrected chi connectivity index (χ0v) is 15.9. The molecular formula is C14H13FIN6OP. The minimum Gasteiger partial charge on any atom is -0.261 e. The van der Waals surface area contributed by atoms with Crippen molar-refractivity contribution in [2.24, 2.45) is 5.18 Å². The summed E-state index contributed by atoms with van der Waals surface area (Å²) in [5, 5.41) is 12.7. The lowest BCUT2D eigenvalue weighted by Crippen LogP contribution is -2.13. The maximum atomic E-state index is 14.2. The Hall–Kier alpha value is -1.48. The summed E-state index contributed by atoms with van der Waals surface area (Å²) in [5.74, 6) is 0. The van der Waals surface area contributed by atoms with E-state index in [2.05, 4.69) is 42.4 Å². The fraction of sp³-hybridized carbons (Fsp3) is 0.357. The van der Waals surface area contributed by atoms with Crippen LogP contribution in [0.3, 0.4) is 0 Å². The topological polar surface area (TPSA) is 78.0 Å². The Morgan fingerprint density at radius 1 is 1.46 bits per heavy atom. The Labute approximate surface area is 151 Å². The number of alkyl halides is 1. The molecule has 4 rings (SSSR count). The second-order valence-corrected chi connectivity index (χ2v) is 8.04. The van der Waals surface area contributed by atoms with Crippen molar-refractivity contribution in [2.45, 2.75) is 32.0 Å². The van der Waals surface area contributed by atoms with Crippen LogP contribution in [-0.2, 0) is 6.54 Å². The van der Waals surface area contributed by atoms with Crippen LogP contribution < -0.4 is 0 Å². The van der Waals surface area contributed by atoms with Gasteiger partial charge < -0.3 is 0 Å². The predicted octanol–water partition coefficient (Wildman–Crippen LogP) is 4.29. The van der Waals surface area contributed by atoms with E-state index in [1.54, 1.807) is 27.6 Å². The lowest BCUT2D eigenvalue weighted by atomic mass is 10.2. The van der Waals surface area contributed by atoms with E-state index < -0.39 is 5.67 Å². The predicted molar refractivity (Wildman–Crippen MR) is 99.7 cm³/mol. The van der Waals surface area contributed by atoms with Crippen LogP contribution in [-0.4, -0.2) is 30.0 Å². The fourth-order valence-corrected chi connectivity index (χ4v) is 3.75. The molecule has 3 aromatic heterocycles. The highest BCUT2D eigenvalue weighted by atomic mass is 127. The number of aromatic nitrogens is 5. The molecule has 0 aliphatic heterocycles. The molecule has 124 valence electrons. The van der Waals surface area contributed by atoms with Gasteiger partial charge in [-0.1, -0.05) is 0 Å². The molecule has 0 aromatic carbocycles. The summed E-state index contributed by atoms with van der Waals surface area (Å²) in [6.07, 6.45) is 4.81. The van der Waals surface area contributed by atoms with Gasteiger partial charge in [-0.05, 0) is 53.0 Å². The van der Waals surface area contributed by atoms with E-state index >= 15 is 0 Å². The normalized spacial score (nSPS) is 16.3. The molecule has 0 amide bonds. The van der Waals surface area contributed by atoms with Gasteiger partial charge in [0.25, 0.3) is 0 Å². The number of aryl methyl sites for hydroxylation is 1. The smallest absolute Gasteiger partial charge is 0.155 e. The molecule has 7 nitrogen and oxygen atoms in total. The van der Waals surface area contributed by atoms with E-state index in [1.807, 2.05) is 6.92 Å². The second-order valence-electron chi connectivity index (χ2n) is 5.96. The van der Waals surface area contributed by atoms with Gasteiger partial charge in [-0.3, -0.25) is 9.67 Å². The first-order valence-corrected chi connectivity index (χ1v) is 11.4. The van der Waals surface area contributed by atoms with Crippen molar-refractivity contribution in [3.05, 3.63) is 29.1 Å². The van der Waals surface area contributed by atoms with Crippen LogP contribution in [0.15, 0.2) is 23.6 Å². The van der Waals surface area contributed by atoms with E-state index in [-0.39, 0.29) is 12.2 Å². The van der Waals surface area contributed by atoms with Gasteiger partial charge in [-0.2, -0.15) is 10.2 Å². The van der Waals surface area contributed by atoms with Crippen LogP contribution in [0.2, 0.25) is 0 Å². The minimum atomic E-state index is -1.14. The third-order valence-electron chi connectivity index (χ3n) is 4.17. The van der Waals surface area contributed by atoms with Crippen molar-refractivity contribution in [3.63, 3.8) is 0 Å². The van der Waals surface area contributed by atoms with E-state index in [9.17, 15) is 9.30 Å². The molecule has 1 aliphatic rings. The SMILES string of the molecule is Cc1nn(CC2(F)CC2)c2cc(-c3nn(PI)cc3N=O)ncc12. The van der Waals surface area contributed by atoms with Gasteiger partial charge in [-0.25, -0.2) is 8.84 Å². The van der Waals surface area contributed by atoms with Crippen molar-refractivity contribution in [3.8, 4) is 11.4 Å². The average Bonchev–Trinajstić information content (AvgIpc) is 3.05. The van der Waals surface area contributed by atoms with Gasteiger partial charge in [0.1, 0.15) is 11.4 Å². The van der Waals surface area contributed by atoms with Gasteiger partial charge in [-0.15, -0.1) is 4.91 Å². The monoisotopic (exact) mass is 458 g/mol. The van der Waals surface area contributed by atoms with Gasteiger partial charge in [0.2, 0.25) is 0 Å². The van der Waals surface area contributed by atoms with Crippen LogP contribution >= 0.6 is 28.4 Å². The summed E-state index contributed by atoms with van der Waals surface area (Å²) in [6, 6.07) is 1.80. The third kappa shape index (κ3) is 2.73. The zero-order valence-electron chi connectivity index (χ0n) is 12.7. The maximum Gasteiger partial charge on any atom is 0.155 e. The van der Waals surface area contributed by atoms with Crippen molar-refractivity contribution >= 4 is 45.0 Å². The molecule has 10 heteroatoms. The number of nitrogens with zero attached hydrogens (tertiary/aromatic N) is 6. The first-order chi connectivity index (χ1) is 11.5. The molecule has 0 radical (unpaired) electrons. The third-order valence-corrected chi connectivity index (χ3v) is 6.05. The Bertz CT molecular complexity index is 950. The number of pyridine rings is 1. The summed E-state index contributed by atoms with van der Waals surface area (Å²) < 4.78 is 17.5. The van der Waals surface area contributed by atoms with Gasteiger partial charge in [0, 0.05) is 11.6 Å². The van der Waals surface area contributed by atoms with Gasteiger partial charge >= 0.3 is 0 Å². The number of nitroso groups, excluding NO2 is 1. The van der Waals surface area contributed by atoms with Crippen LogP contribution in [0, 0.1) is 11.8 Å². The first kappa shape index (κ1) is 16.0. The molecule has 0 spiro atoms. The van der Waals surface area contributed by atoms with Gasteiger partial charge in [0.15, 0.2) is 5.69 Å². The van der Waals surface area contributed by atoms with Crippen molar-refractivity contribution in [1.29, 1.82) is 0 Å². The average molecular weight is 458 g/mol. The molecular weight excluding hydrogens is 445 g/mol. The lowest BCUT2D eigenvalue weighted by molar-refractivity contribution is 0.264. The Morgan fingerprint density at radius 3 is 2.92 bits per heavy atom. The lowest BCUT2D eigenvalue weighted by Gasteiger charge is -2.07. The molecule has 3 heterocycles. The minimum absolute atomic E-state index is 0.239. The molecule has 1 aliphatic carbocycles. The Kier molecular flexibility index (Phi) is 3.87. The second kappa shape index (κ2) is 5.80. The van der Waals surface area contributed by atoms with E-state index in [4.69, 9.17) is 0 Å². The van der Waals surface area contributed by atoms with Crippen molar-refractivity contribution < 1.29 is 4.39 Å². The van der Waals surface area contributed by atoms with E-state index in [0.717, 1.165) is 16.6 Å². The summed E-state index contributed by atoms with van der Waals surface area (Å²) in [4.78, 5) is 15.5. The maximum absolute atomic E-state index is 14.2. The van der Waals surface area contributed by atoms with Crippen molar-refractivity contribution in [1.82, 2.24) is 24.3 Å². The summed E-state index contributed by atoms with van der Waals surface area (Å²) in [5.41, 5.74) is 1.68. The highest BCUT2D eigenvalue weighted by Gasteiger charge is 2.44. The number of fused-ring (bicyclic) bond motifs is 1.